The van der Waals surface area contributed by atoms with Crippen LogP contribution in [0.4, 0.5) is 5.69 Å². The molecule has 110 valence electrons. The highest BCUT2D eigenvalue weighted by atomic mass is 16.4. The number of rotatable bonds is 3. The highest BCUT2D eigenvalue weighted by molar-refractivity contribution is 5.96. The van der Waals surface area contributed by atoms with Gasteiger partial charge in [0, 0.05) is 12.8 Å². The van der Waals surface area contributed by atoms with Gasteiger partial charge in [0.25, 0.3) is 0 Å². The number of carbonyl (C=O) groups excluding carboxylic acids is 1. The molecule has 0 atom stereocenters. The molecule has 0 spiro atoms. The fraction of sp³-hybridized carbons (Fsp3) is 0.333. The second-order valence-electron chi connectivity index (χ2n) is 5.79. The summed E-state index contributed by atoms with van der Waals surface area (Å²) in [5.41, 5.74) is 0.268. The first-order valence-electron chi connectivity index (χ1n) is 6.49. The van der Waals surface area contributed by atoms with Gasteiger partial charge in [-0.3, -0.25) is 4.79 Å². The molecule has 2 rings (SSSR count). The molecule has 0 bridgehead atoms. The van der Waals surface area contributed by atoms with Crippen LogP contribution in [0, 0.1) is 5.41 Å². The zero-order chi connectivity index (χ0) is 15.6. The van der Waals surface area contributed by atoms with Crippen molar-refractivity contribution in [2.24, 2.45) is 15.6 Å². The van der Waals surface area contributed by atoms with Crippen molar-refractivity contribution >= 4 is 17.4 Å². The van der Waals surface area contributed by atoms with Gasteiger partial charge in [0.15, 0.2) is 11.5 Å². The number of allylic oxidation sites excluding steroid dienone is 2. The Morgan fingerprint density at radius 1 is 1.14 bits per heavy atom. The third-order valence-corrected chi connectivity index (χ3v) is 3.20. The van der Waals surface area contributed by atoms with E-state index in [-0.39, 0.29) is 28.2 Å². The molecule has 21 heavy (non-hydrogen) atoms. The summed E-state index contributed by atoms with van der Waals surface area (Å²) in [5.74, 6) is -1.32. The van der Waals surface area contributed by atoms with Gasteiger partial charge >= 0.3 is 5.97 Å². The molecule has 0 radical (unpaired) electrons. The van der Waals surface area contributed by atoms with Gasteiger partial charge in [-0.15, -0.1) is 5.11 Å². The van der Waals surface area contributed by atoms with E-state index in [0.717, 1.165) is 0 Å². The number of nitrogens with zero attached hydrogens (tertiary/aromatic N) is 2. The number of aromatic carboxylic acids is 1. The molecular formula is C15H16N2O4. The maximum Gasteiger partial charge on any atom is 0.335 e. The van der Waals surface area contributed by atoms with E-state index in [1.54, 1.807) is 0 Å². The molecule has 0 aromatic heterocycles. The average Bonchev–Trinajstić information content (AvgIpc) is 2.36. The molecule has 0 saturated heterocycles. The zero-order valence-corrected chi connectivity index (χ0v) is 11.8. The molecule has 1 aliphatic carbocycles. The summed E-state index contributed by atoms with van der Waals surface area (Å²) in [6, 6.07) is 5.77. The predicted molar refractivity (Wildman–Crippen MR) is 75.6 cm³/mol. The highest BCUT2D eigenvalue weighted by Crippen LogP contribution is 2.36. The lowest BCUT2D eigenvalue weighted by Gasteiger charge is -2.27. The van der Waals surface area contributed by atoms with E-state index in [2.05, 4.69) is 10.2 Å². The minimum atomic E-state index is -1.02. The van der Waals surface area contributed by atoms with Crippen molar-refractivity contribution in [3.8, 4) is 0 Å². The smallest absolute Gasteiger partial charge is 0.335 e. The number of hydrogen-bond acceptors (Lipinski definition) is 5. The summed E-state index contributed by atoms with van der Waals surface area (Å²) in [7, 11) is 0. The Kier molecular flexibility index (Phi) is 3.88. The van der Waals surface area contributed by atoms with Crippen molar-refractivity contribution < 1.29 is 19.8 Å². The van der Waals surface area contributed by atoms with Crippen molar-refractivity contribution in [3.63, 3.8) is 0 Å². The van der Waals surface area contributed by atoms with Crippen LogP contribution in [0.15, 0.2) is 46.0 Å². The maximum atomic E-state index is 11.9. The molecule has 1 aromatic rings. The number of azo groups is 1. The molecule has 6 nitrogen and oxygen atoms in total. The summed E-state index contributed by atoms with van der Waals surface area (Å²) >= 11 is 0. The van der Waals surface area contributed by atoms with E-state index in [1.807, 2.05) is 13.8 Å². The van der Waals surface area contributed by atoms with Crippen LogP contribution in [0.1, 0.15) is 37.0 Å². The number of Topliss-reactive ketones (excluding diaryl/α,β-unsaturated/α-hetero) is 1. The molecule has 6 heteroatoms. The molecule has 2 N–H and O–H groups in total. The van der Waals surface area contributed by atoms with Crippen molar-refractivity contribution in [3.05, 3.63) is 41.3 Å². The average molecular weight is 288 g/mol. The molecule has 0 aliphatic heterocycles. The second kappa shape index (κ2) is 5.47. The first kappa shape index (κ1) is 14.9. The van der Waals surface area contributed by atoms with Gasteiger partial charge < -0.3 is 10.2 Å². The van der Waals surface area contributed by atoms with Gasteiger partial charge in [-0.05, 0) is 29.7 Å². The minimum Gasteiger partial charge on any atom is -0.510 e. The Labute approximate surface area is 121 Å². The molecule has 0 saturated carbocycles. The minimum absolute atomic E-state index is 0.0170. The van der Waals surface area contributed by atoms with E-state index in [0.29, 0.717) is 18.5 Å². The monoisotopic (exact) mass is 288 g/mol. The van der Waals surface area contributed by atoms with Gasteiger partial charge in [-0.2, -0.15) is 5.11 Å². The highest BCUT2D eigenvalue weighted by Gasteiger charge is 2.33. The van der Waals surface area contributed by atoms with Gasteiger partial charge in [0.1, 0.15) is 5.76 Å². The predicted octanol–water partition coefficient (Wildman–Crippen LogP) is 3.63. The van der Waals surface area contributed by atoms with E-state index >= 15 is 0 Å². The molecule has 0 unspecified atom stereocenters. The van der Waals surface area contributed by atoms with E-state index in [4.69, 9.17) is 5.11 Å². The van der Waals surface area contributed by atoms with Crippen LogP contribution in [0.5, 0.6) is 0 Å². The summed E-state index contributed by atoms with van der Waals surface area (Å²) in [5, 5.41) is 26.4. The van der Waals surface area contributed by atoms with E-state index in [9.17, 15) is 14.7 Å². The van der Waals surface area contributed by atoms with Crippen LogP contribution in [0.25, 0.3) is 0 Å². The maximum absolute atomic E-state index is 11.9. The number of carbonyl (C=O) groups is 2. The van der Waals surface area contributed by atoms with Gasteiger partial charge in [0.2, 0.25) is 0 Å². The molecule has 0 fully saturated rings. The number of aliphatic hydroxyl groups is 1. The van der Waals surface area contributed by atoms with Crippen LogP contribution in [0.3, 0.4) is 0 Å². The lowest BCUT2D eigenvalue weighted by molar-refractivity contribution is -0.118. The van der Waals surface area contributed by atoms with Gasteiger partial charge in [0.05, 0.1) is 11.3 Å². The molecular weight excluding hydrogens is 272 g/mol. The Balaban J connectivity index is 2.21. The number of carboxylic acids is 1. The largest absolute Gasteiger partial charge is 0.510 e. The van der Waals surface area contributed by atoms with Crippen LogP contribution >= 0.6 is 0 Å². The SMILES string of the molecule is CC1(C)CC(=O)C(N=Nc2ccc(C(=O)O)cc2)=C(O)C1. The van der Waals surface area contributed by atoms with Crippen LogP contribution in [-0.2, 0) is 4.79 Å². The van der Waals surface area contributed by atoms with Gasteiger partial charge in [-0.25, -0.2) is 4.79 Å². The first-order chi connectivity index (χ1) is 9.78. The van der Waals surface area contributed by atoms with Gasteiger partial charge in [-0.1, -0.05) is 13.8 Å². The topological polar surface area (TPSA) is 99.3 Å². The normalized spacial score (nSPS) is 18.3. The van der Waals surface area contributed by atoms with Crippen molar-refractivity contribution in [2.75, 3.05) is 0 Å². The molecule has 1 aromatic carbocycles. The fourth-order valence-electron chi connectivity index (χ4n) is 2.17. The van der Waals surface area contributed by atoms with Crippen molar-refractivity contribution in [2.45, 2.75) is 26.7 Å². The number of ketones is 1. The fourth-order valence-corrected chi connectivity index (χ4v) is 2.17. The van der Waals surface area contributed by atoms with Crippen LogP contribution < -0.4 is 0 Å². The second-order valence-corrected chi connectivity index (χ2v) is 5.79. The summed E-state index contributed by atoms with van der Waals surface area (Å²) < 4.78 is 0. The zero-order valence-electron chi connectivity index (χ0n) is 11.8. The number of aliphatic hydroxyl groups excluding tert-OH is 1. The van der Waals surface area contributed by atoms with Crippen LogP contribution in [0.2, 0.25) is 0 Å². The molecule has 0 amide bonds. The third-order valence-electron chi connectivity index (χ3n) is 3.20. The molecule has 1 aliphatic rings. The number of carboxylic acid groups (broad SMARTS) is 1. The van der Waals surface area contributed by atoms with Crippen molar-refractivity contribution in [1.29, 1.82) is 0 Å². The van der Waals surface area contributed by atoms with Crippen molar-refractivity contribution in [1.82, 2.24) is 0 Å². The lowest BCUT2D eigenvalue weighted by atomic mass is 9.78. The van der Waals surface area contributed by atoms with E-state index in [1.165, 1.54) is 24.3 Å². The lowest BCUT2D eigenvalue weighted by Crippen LogP contribution is -2.25. The van der Waals surface area contributed by atoms with Crippen LogP contribution in [-0.4, -0.2) is 22.0 Å². The Morgan fingerprint density at radius 2 is 1.76 bits per heavy atom. The Morgan fingerprint density at radius 3 is 2.29 bits per heavy atom. The molecule has 0 heterocycles. The Bertz CT molecular complexity index is 642. The quantitative estimate of drug-likeness (QED) is 0.829. The standard InChI is InChI=1S/C15H16N2O4/c1-15(2)7-11(18)13(12(19)8-15)17-16-10-5-3-9(4-6-10)14(20)21/h3-6,18H,7-8H2,1-2H3,(H,20,21). The summed E-state index contributed by atoms with van der Waals surface area (Å²) in [4.78, 5) is 22.7. The first-order valence-corrected chi connectivity index (χ1v) is 6.49. The third kappa shape index (κ3) is 3.53. The summed E-state index contributed by atoms with van der Waals surface area (Å²) in [6.45, 7) is 3.80. The number of hydrogen-bond donors (Lipinski definition) is 2. The van der Waals surface area contributed by atoms with E-state index < -0.39 is 5.97 Å². The summed E-state index contributed by atoms with van der Waals surface area (Å²) in [6.07, 6.45) is 0.689. The Hall–Kier alpha value is -2.50. The number of benzene rings is 1.